The number of aliphatic hydroxyl groups is 1. The van der Waals surface area contributed by atoms with Crippen molar-refractivity contribution in [3.05, 3.63) is 74.3 Å². The molecular weight excluding hydrogens is 380 g/mol. The number of para-hydroxylation sites is 1. The van der Waals surface area contributed by atoms with Crippen LogP contribution in [0.5, 0.6) is 0 Å². The number of carbonyl (C=O) groups excluding carboxylic acids is 1. The Labute approximate surface area is 164 Å². The van der Waals surface area contributed by atoms with E-state index in [4.69, 9.17) is 9.84 Å². The van der Waals surface area contributed by atoms with Crippen LogP contribution in [-0.4, -0.2) is 39.1 Å². The van der Waals surface area contributed by atoms with Crippen LogP contribution in [0.25, 0.3) is 10.9 Å². The molecule has 3 rings (SSSR count). The number of H-pyrrole nitrogens is 1. The van der Waals surface area contributed by atoms with Gasteiger partial charge in [-0.1, -0.05) is 12.1 Å². The predicted octanol–water partition coefficient (Wildman–Crippen LogP) is 2.15. The lowest BCUT2D eigenvalue weighted by Gasteiger charge is -2.15. The van der Waals surface area contributed by atoms with Crippen LogP contribution in [0.4, 0.5) is 11.4 Å². The van der Waals surface area contributed by atoms with Crippen molar-refractivity contribution >= 4 is 28.2 Å². The molecule has 1 aromatic heterocycles. The van der Waals surface area contributed by atoms with Gasteiger partial charge in [0, 0.05) is 24.4 Å². The molecule has 29 heavy (non-hydrogen) atoms. The van der Waals surface area contributed by atoms with E-state index in [-0.39, 0.29) is 41.5 Å². The van der Waals surface area contributed by atoms with Gasteiger partial charge < -0.3 is 20.1 Å². The summed E-state index contributed by atoms with van der Waals surface area (Å²) in [4.78, 5) is 42.2. The maximum absolute atomic E-state index is 12.7. The van der Waals surface area contributed by atoms with Gasteiger partial charge in [0.15, 0.2) is 11.9 Å². The zero-order valence-electron chi connectivity index (χ0n) is 15.4. The third-order valence-corrected chi connectivity index (χ3v) is 4.16. The largest absolute Gasteiger partial charge is 0.451 e. The number of aromatic amines is 1. The highest BCUT2D eigenvalue weighted by atomic mass is 16.6. The number of nitro groups is 1. The molecular formula is C19H18N4O6. The summed E-state index contributed by atoms with van der Waals surface area (Å²) in [6, 6.07) is 10.4. The molecule has 0 unspecified atom stereocenters. The van der Waals surface area contributed by atoms with E-state index in [1.807, 2.05) is 0 Å². The highest BCUT2D eigenvalue weighted by molar-refractivity contribution is 5.96. The van der Waals surface area contributed by atoms with Crippen molar-refractivity contribution in [2.45, 2.75) is 13.0 Å². The fraction of sp³-hybridized carbons (Fsp3) is 0.211. The molecule has 3 aromatic rings. The summed E-state index contributed by atoms with van der Waals surface area (Å²) in [5, 5.41) is 23.2. The average molecular weight is 398 g/mol. The molecule has 3 N–H and O–H groups in total. The van der Waals surface area contributed by atoms with E-state index in [1.165, 1.54) is 19.1 Å². The number of fused-ring (bicyclic) bond motifs is 1. The second-order valence-electron chi connectivity index (χ2n) is 6.15. The van der Waals surface area contributed by atoms with Crippen LogP contribution in [0.1, 0.15) is 29.2 Å². The zero-order valence-corrected chi connectivity index (χ0v) is 15.4. The van der Waals surface area contributed by atoms with Gasteiger partial charge >= 0.3 is 5.97 Å². The molecule has 0 spiro atoms. The number of nitrogens with one attached hydrogen (secondary N) is 2. The van der Waals surface area contributed by atoms with E-state index in [1.54, 1.807) is 24.3 Å². The van der Waals surface area contributed by atoms with E-state index < -0.39 is 17.0 Å². The fourth-order valence-electron chi connectivity index (χ4n) is 2.74. The summed E-state index contributed by atoms with van der Waals surface area (Å²) in [6.07, 6.45) is -0.912. The van der Waals surface area contributed by atoms with Crippen molar-refractivity contribution in [2.75, 3.05) is 18.5 Å². The van der Waals surface area contributed by atoms with Crippen molar-refractivity contribution in [1.29, 1.82) is 0 Å². The van der Waals surface area contributed by atoms with Crippen molar-refractivity contribution in [3.63, 3.8) is 0 Å². The number of nitrogens with zero attached hydrogens (tertiary/aromatic N) is 2. The summed E-state index contributed by atoms with van der Waals surface area (Å²) in [5.41, 5.74) is 0.0183. The van der Waals surface area contributed by atoms with E-state index in [0.717, 1.165) is 6.07 Å². The molecule has 0 aliphatic rings. The van der Waals surface area contributed by atoms with Crippen LogP contribution < -0.4 is 10.9 Å². The van der Waals surface area contributed by atoms with E-state index in [9.17, 15) is 19.7 Å². The fourth-order valence-corrected chi connectivity index (χ4v) is 2.74. The molecule has 0 saturated carbocycles. The Morgan fingerprint density at radius 2 is 2.10 bits per heavy atom. The lowest BCUT2D eigenvalue weighted by Crippen LogP contribution is -2.18. The molecule has 0 saturated heterocycles. The number of nitro benzene ring substituents is 1. The lowest BCUT2D eigenvalue weighted by atomic mass is 10.1. The highest BCUT2D eigenvalue weighted by Gasteiger charge is 2.22. The van der Waals surface area contributed by atoms with Gasteiger partial charge in [0.2, 0.25) is 0 Å². The first kappa shape index (κ1) is 20.0. The highest BCUT2D eigenvalue weighted by Crippen LogP contribution is 2.25. The number of hydrogen-bond donors (Lipinski definition) is 3. The molecule has 0 aliphatic carbocycles. The third kappa shape index (κ3) is 4.38. The SMILES string of the molecule is C[C@H](OC(=O)c1cc([N+](=O)[O-])ccc1NCCO)c1nc2ccccc2c(=O)[nH]1. The number of carbonyl (C=O) groups is 1. The van der Waals surface area contributed by atoms with Crippen molar-refractivity contribution in [2.24, 2.45) is 0 Å². The molecule has 0 aliphatic heterocycles. The number of aliphatic hydroxyl groups excluding tert-OH is 1. The number of non-ortho nitro benzene ring substituents is 1. The number of ether oxygens (including phenoxy) is 1. The predicted molar refractivity (Wildman–Crippen MR) is 105 cm³/mol. The maximum Gasteiger partial charge on any atom is 0.341 e. The van der Waals surface area contributed by atoms with Gasteiger partial charge in [-0.05, 0) is 25.1 Å². The quantitative estimate of drug-likeness (QED) is 0.311. The maximum atomic E-state index is 12.7. The number of esters is 1. The van der Waals surface area contributed by atoms with E-state index in [2.05, 4.69) is 15.3 Å². The number of hydrogen-bond acceptors (Lipinski definition) is 8. The molecule has 10 heteroatoms. The van der Waals surface area contributed by atoms with Crippen molar-refractivity contribution in [3.8, 4) is 0 Å². The van der Waals surface area contributed by atoms with Crippen molar-refractivity contribution in [1.82, 2.24) is 9.97 Å². The summed E-state index contributed by atoms with van der Waals surface area (Å²) >= 11 is 0. The number of aromatic nitrogens is 2. The average Bonchev–Trinajstić information content (AvgIpc) is 2.71. The molecule has 0 radical (unpaired) electrons. The van der Waals surface area contributed by atoms with Gasteiger partial charge in [-0.3, -0.25) is 14.9 Å². The van der Waals surface area contributed by atoms with Crippen LogP contribution in [0.15, 0.2) is 47.3 Å². The Morgan fingerprint density at radius 1 is 1.34 bits per heavy atom. The molecule has 0 bridgehead atoms. The number of benzene rings is 2. The van der Waals surface area contributed by atoms with Gasteiger partial charge in [-0.15, -0.1) is 0 Å². The molecule has 150 valence electrons. The van der Waals surface area contributed by atoms with Crippen LogP contribution >= 0.6 is 0 Å². The first-order valence-electron chi connectivity index (χ1n) is 8.74. The van der Waals surface area contributed by atoms with Gasteiger partial charge in [0.25, 0.3) is 11.2 Å². The Balaban J connectivity index is 1.90. The minimum atomic E-state index is -0.912. The molecule has 1 atom stereocenters. The summed E-state index contributed by atoms with van der Waals surface area (Å²) in [5.74, 6) is -0.685. The molecule has 0 amide bonds. The van der Waals surface area contributed by atoms with E-state index >= 15 is 0 Å². The molecule has 10 nitrogen and oxygen atoms in total. The topological polar surface area (TPSA) is 147 Å². The van der Waals surface area contributed by atoms with Gasteiger partial charge in [-0.25, -0.2) is 9.78 Å². The van der Waals surface area contributed by atoms with Crippen molar-refractivity contribution < 1.29 is 19.6 Å². The molecule has 0 fully saturated rings. The van der Waals surface area contributed by atoms with Gasteiger partial charge in [0.1, 0.15) is 0 Å². The zero-order chi connectivity index (χ0) is 21.0. The van der Waals surface area contributed by atoms with Crippen LogP contribution in [0, 0.1) is 10.1 Å². The Kier molecular flexibility index (Phi) is 5.84. The van der Waals surface area contributed by atoms with Crippen LogP contribution in [0.2, 0.25) is 0 Å². The minimum absolute atomic E-state index is 0.0670. The molecule has 2 aromatic carbocycles. The summed E-state index contributed by atoms with van der Waals surface area (Å²) < 4.78 is 5.39. The first-order valence-corrected chi connectivity index (χ1v) is 8.74. The standard InChI is InChI=1S/C19H18N4O6/c1-11(17-21-16-5-3-2-4-13(16)18(25)22-17)29-19(26)14-10-12(23(27)28)6-7-15(14)20-8-9-24/h2-7,10-11,20,24H,8-9H2,1H3,(H,21,22,25)/t11-/m0/s1. The summed E-state index contributed by atoms with van der Waals surface area (Å²) in [7, 11) is 0. The molecule has 1 heterocycles. The minimum Gasteiger partial charge on any atom is -0.451 e. The normalized spacial score (nSPS) is 11.8. The third-order valence-electron chi connectivity index (χ3n) is 4.16. The number of rotatable bonds is 7. The first-order chi connectivity index (χ1) is 13.9. The second-order valence-corrected chi connectivity index (χ2v) is 6.15. The van der Waals surface area contributed by atoms with Crippen LogP contribution in [0.3, 0.4) is 0 Å². The second kappa shape index (κ2) is 8.48. The Hall–Kier alpha value is -3.79. The lowest BCUT2D eigenvalue weighted by molar-refractivity contribution is -0.384. The van der Waals surface area contributed by atoms with Gasteiger partial charge in [0.05, 0.1) is 28.0 Å². The summed E-state index contributed by atoms with van der Waals surface area (Å²) in [6.45, 7) is 1.49. The van der Waals surface area contributed by atoms with Crippen LogP contribution in [-0.2, 0) is 4.74 Å². The van der Waals surface area contributed by atoms with Gasteiger partial charge in [-0.2, -0.15) is 0 Å². The Morgan fingerprint density at radius 3 is 2.83 bits per heavy atom. The number of anilines is 1. The monoisotopic (exact) mass is 398 g/mol. The smallest absolute Gasteiger partial charge is 0.341 e. The van der Waals surface area contributed by atoms with E-state index in [0.29, 0.717) is 10.9 Å². The Bertz CT molecular complexity index is 1130.